The summed E-state index contributed by atoms with van der Waals surface area (Å²) in [5.41, 5.74) is 3.58. The summed E-state index contributed by atoms with van der Waals surface area (Å²) in [6.07, 6.45) is 3.56. The number of rotatable bonds is 8. The summed E-state index contributed by atoms with van der Waals surface area (Å²) in [6.45, 7) is 0.351. The van der Waals surface area contributed by atoms with Crippen LogP contribution in [0.15, 0.2) is 54.2 Å². The van der Waals surface area contributed by atoms with Gasteiger partial charge in [0.15, 0.2) is 11.5 Å². The van der Waals surface area contributed by atoms with Gasteiger partial charge in [-0.2, -0.15) is 5.10 Å². The fourth-order valence-electron chi connectivity index (χ4n) is 3.25. The van der Waals surface area contributed by atoms with Crippen molar-refractivity contribution >= 4 is 17.2 Å². The van der Waals surface area contributed by atoms with E-state index >= 15 is 0 Å². The predicted molar refractivity (Wildman–Crippen MR) is 122 cm³/mol. The minimum absolute atomic E-state index is 0.266. The van der Waals surface area contributed by atoms with Crippen molar-refractivity contribution in [1.82, 2.24) is 20.5 Å². The molecule has 0 fully saturated rings. The molecular weight excluding hydrogens is 428 g/mol. The maximum Gasteiger partial charge on any atom is 0.269 e. The number of nitrogens with one attached hydrogen (secondary N) is 2. The topological polar surface area (TPSA) is 98.4 Å². The maximum absolute atomic E-state index is 12.7. The van der Waals surface area contributed by atoms with Crippen molar-refractivity contribution in [3.63, 3.8) is 0 Å². The highest BCUT2D eigenvalue weighted by Crippen LogP contribution is 2.40. The van der Waals surface area contributed by atoms with E-state index in [1.807, 2.05) is 29.8 Å². The first-order valence-corrected chi connectivity index (χ1v) is 10.6. The molecule has 0 aliphatic carbocycles. The number of thiophene rings is 1. The molecule has 3 aromatic heterocycles. The third-order valence-corrected chi connectivity index (χ3v) is 5.76. The molecule has 0 aliphatic heterocycles. The molecule has 0 saturated heterocycles. The van der Waals surface area contributed by atoms with Crippen molar-refractivity contribution < 1.29 is 19.0 Å². The van der Waals surface area contributed by atoms with E-state index in [1.54, 1.807) is 57.1 Å². The van der Waals surface area contributed by atoms with Gasteiger partial charge < -0.3 is 19.5 Å². The highest BCUT2D eigenvalue weighted by Gasteiger charge is 2.17. The van der Waals surface area contributed by atoms with Crippen LogP contribution in [0.2, 0.25) is 0 Å². The molecule has 1 amide bonds. The SMILES string of the molecule is COc1cc(-c2cc(C(=O)NCc3cncc(-c4cccs4)c3)[nH]n2)cc(OC)c1OC. The normalized spacial score (nSPS) is 10.6. The highest BCUT2D eigenvalue weighted by molar-refractivity contribution is 7.13. The molecule has 32 heavy (non-hydrogen) atoms. The molecule has 0 aliphatic rings. The highest BCUT2D eigenvalue weighted by atomic mass is 32.1. The first-order chi connectivity index (χ1) is 15.6. The van der Waals surface area contributed by atoms with Crippen molar-refractivity contribution in [2.75, 3.05) is 21.3 Å². The lowest BCUT2D eigenvalue weighted by Crippen LogP contribution is -2.23. The fourth-order valence-corrected chi connectivity index (χ4v) is 3.96. The zero-order chi connectivity index (χ0) is 22.5. The first-order valence-electron chi connectivity index (χ1n) is 9.74. The number of ether oxygens (including phenoxy) is 3. The molecule has 0 radical (unpaired) electrons. The second-order valence-electron chi connectivity index (χ2n) is 6.82. The van der Waals surface area contributed by atoms with Crippen LogP contribution in [-0.2, 0) is 6.54 Å². The number of pyridine rings is 1. The Morgan fingerprint density at radius 2 is 1.81 bits per heavy atom. The van der Waals surface area contributed by atoms with E-state index < -0.39 is 0 Å². The molecule has 4 rings (SSSR count). The summed E-state index contributed by atoms with van der Waals surface area (Å²) in [6, 6.07) is 11.3. The predicted octanol–water partition coefficient (Wildman–Crippen LogP) is 4.16. The van der Waals surface area contributed by atoms with Gasteiger partial charge in [0.1, 0.15) is 5.69 Å². The van der Waals surface area contributed by atoms with Gasteiger partial charge in [-0.25, -0.2) is 0 Å². The van der Waals surface area contributed by atoms with Crippen molar-refractivity contribution in [3.8, 4) is 38.9 Å². The standard InChI is InChI=1S/C23H22N4O4S/c1-29-19-8-15(9-20(30-2)22(19)31-3)17-10-18(27-26-17)23(28)25-12-14-7-16(13-24-11-14)21-5-4-6-32-21/h4-11,13H,12H2,1-3H3,(H,25,28)(H,26,27). The van der Waals surface area contributed by atoms with E-state index in [-0.39, 0.29) is 5.91 Å². The molecule has 2 N–H and O–H groups in total. The largest absolute Gasteiger partial charge is 0.493 e. The quantitative estimate of drug-likeness (QED) is 0.418. The second kappa shape index (κ2) is 9.52. The minimum atomic E-state index is -0.266. The lowest BCUT2D eigenvalue weighted by atomic mass is 10.1. The van der Waals surface area contributed by atoms with Crippen molar-refractivity contribution in [3.05, 3.63) is 65.4 Å². The number of aromatic nitrogens is 3. The molecule has 3 heterocycles. The monoisotopic (exact) mass is 450 g/mol. The smallest absolute Gasteiger partial charge is 0.269 e. The van der Waals surface area contributed by atoms with Gasteiger partial charge in [0.25, 0.3) is 5.91 Å². The number of benzene rings is 1. The third-order valence-electron chi connectivity index (χ3n) is 4.84. The number of methoxy groups -OCH3 is 3. The number of nitrogens with zero attached hydrogens (tertiary/aromatic N) is 2. The fraction of sp³-hybridized carbons (Fsp3) is 0.174. The van der Waals surface area contributed by atoms with Crippen molar-refractivity contribution in [2.24, 2.45) is 0 Å². The maximum atomic E-state index is 12.7. The van der Waals surface area contributed by atoms with Crippen LogP contribution in [0.25, 0.3) is 21.7 Å². The van der Waals surface area contributed by atoms with Gasteiger partial charge in [-0.3, -0.25) is 14.9 Å². The lowest BCUT2D eigenvalue weighted by Gasteiger charge is -2.13. The van der Waals surface area contributed by atoms with E-state index in [9.17, 15) is 4.79 Å². The Balaban J connectivity index is 1.48. The summed E-state index contributed by atoms with van der Waals surface area (Å²) in [5.74, 6) is 1.24. The van der Waals surface area contributed by atoms with E-state index in [0.717, 1.165) is 21.6 Å². The Morgan fingerprint density at radius 3 is 2.47 bits per heavy atom. The molecule has 0 unspecified atom stereocenters. The van der Waals surface area contributed by atoms with Crippen LogP contribution in [0.1, 0.15) is 16.1 Å². The summed E-state index contributed by atoms with van der Waals surface area (Å²) in [4.78, 5) is 18.1. The number of amides is 1. The molecule has 0 saturated carbocycles. The van der Waals surface area contributed by atoms with Gasteiger partial charge >= 0.3 is 0 Å². The number of aromatic amines is 1. The van der Waals surface area contributed by atoms with E-state index in [1.165, 1.54) is 0 Å². The van der Waals surface area contributed by atoms with Crippen LogP contribution in [0, 0.1) is 0 Å². The molecular formula is C23H22N4O4S. The van der Waals surface area contributed by atoms with Gasteiger partial charge in [-0.1, -0.05) is 6.07 Å². The zero-order valence-electron chi connectivity index (χ0n) is 17.8. The van der Waals surface area contributed by atoms with Gasteiger partial charge in [-0.15, -0.1) is 11.3 Å². The van der Waals surface area contributed by atoms with Crippen LogP contribution in [0.4, 0.5) is 0 Å². The van der Waals surface area contributed by atoms with Crippen LogP contribution in [0.3, 0.4) is 0 Å². The van der Waals surface area contributed by atoms with Gasteiger partial charge in [0.05, 0.1) is 27.0 Å². The molecule has 0 spiro atoms. The number of carbonyl (C=O) groups is 1. The molecule has 1 aromatic carbocycles. The Hall–Kier alpha value is -3.85. The Labute approximate surface area is 189 Å². The lowest BCUT2D eigenvalue weighted by molar-refractivity contribution is 0.0946. The second-order valence-corrected chi connectivity index (χ2v) is 7.77. The van der Waals surface area contributed by atoms with Gasteiger partial charge in [0, 0.05) is 34.9 Å². The van der Waals surface area contributed by atoms with Crippen molar-refractivity contribution in [2.45, 2.75) is 6.54 Å². The van der Waals surface area contributed by atoms with Crippen LogP contribution in [-0.4, -0.2) is 42.4 Å². The van der Waals surface area contributed by atoms with Gasteiger partial charge in [0.2, 0.25) is 5.75 Å². The average molecular weight is 451 g/mol. The van der Waals surface area contributed by atoms with E-state index in [4.69, 9.17) is 14.2 Å². The summed E-state index contributed by atoms with van der Waals surface area (Å²) >= 11 is 1.65. The van der Waals surface area contributed by atoms with E-state index in [0.29, 0.717) is 35.2 Å². The van der Waals surface area contributed by atoms with Crippen LogP contribution in [0.5, 0.6) is 17.2 Å². The van der Waals surface area contributed by atoms with Gasteiger partial charge in [-0.05, 0) is 41.3 Å². The Kier molecular flexibility index (Phi) is 6.37. The number of hydrogen-bond donors (Lipinski definition) is 2. The third kappa shape index (κ3) is 4.42. The molecule has 8 nitrogen and oxygen atoms in total. The molecule has 9 heteroatoms. The van der Waals surface area contributed by atoms with Crippen LogP contribution >= 0.6 is 11.3 Å². The summed E-state index contributed by atoms with van der Waals surface area (Å²) < 4.78 is 16.1. The Morgan fingerprint density at radius 1 is 1.03 bits per heavy atom. The van der Waals surface area contributed by atoms with E-state index in [2.05, 4.69) is 20.5 Å². The summed E-state index contributed by atoms with van der Waals surface area (Å²) in [7, 11) is 4.64. The molecule has 0 atom stereocenters. The zero-order valence-corrected chi connectivity index (χ0v) is 18.7. The molecule has 4 aromatic rings. The summed E-state index contributed by atoms with van der Waals surface area (Å²) in [5, 5.41) is 12.0. The number of H-pyrrole nitrogens is 1. The average Bonchev–Trinajstić information content (AvgIpc) is 3.54. The number of carbonyl (C=O) groups excluding carboxylic acids is 1. The van der Waals surface area contributed by atoms with Crippen molar-refractivity contribution in [1.29, 1.82) is 0 Å². The minimum Gasteiger partial charge on any atom is -0.493 e. The molecule has 0 bridgehead atoms. The van der Waals surface area contributed by atoms with Crippen LogP contribution < -0.4 is 19.5 Å². The first kappa shape index (κ1) is 21.4. The molecule has 164 valence electrons. The Bertz CT molecular complexity index is 1200. The number of hydrogen-bond acceptors (Lipinski definition) is 7.